The van der Waals surface area contributed by atoms with E-state index in [0.717, 1.165) is 17.0 Å². The molecule has 2 aliphatic rings. The number of aromatic nitrogens is 1. The third-order valence-corrected chi connectivity index (χ3v) is 9.12. The fourth-order valence-electron chi connectivity index (χ4n) is 7.21. The van der Waals surface area contributed by atoms with E-state index in [0.29, 0.717) is 5.92 Å². The zero-order valence-electron chi connectivity index (χ0n) is 22.1. The normalized spacial score (nSPS) is 20.3. The van der Waals surface area contributed by atoms with Crippen LogP contribution in [0.4, 0.5) is 11.5 Å². The molecular weight excluding hydrogens is 476 g/mol. The Balaban J connectivity index is 1.26. The zero-order chi connectivity index (χ0) is 26.0. The topological polar surface area (TPSA) is 29.3 Å². The molecule has 3 heterocycles. The smallest absolute Gasteiger partial charge is 0.135 e. The first kappa shape index (κ1) is 22.6. The summed E-state index contributed by atoms with van der Waals surface area (Å²) in [4.78, 5) is 7.49. The maximum Gasteiger partial charge on any atom is 0.135 e. The number of anilines is 2. The van der Waals surface area contributed by atoms with Crippen LogP contribution in [0.3, 0.4) is 0 Å². The molecule has 39 heavy (non-hydrogen) atoms. The van der Waals surface area contributed by atoms with Gasteiger partial charge in [0.2, 0.25) is 0 Å². The Hall–Kier alpha value is -4.37. The van der Waals surface area contributed by atoms with Crippen LogP contribution in [0.15, 0.2) is 114 Å². The molecule has 6 aromatic rings. The number of benzene rings is 4. The van der Waals surface area contributed by atoms with Crippen molar-refractivity contribution in [1.82, 2.24) is 4.98 Å². The summed E-state index contributed by atoms with van der Waals surface area (Å²) >= 11 is 0. The van der Waals surface area contributed by atoms with Crippen molar-refractivity contribution in [2.24, 2.45) is 0 Å². The summed E-state index contributed by atoms with van der Waals surface area (Å²) in [5, 5.41) is 2.35. The standard InChI is InChI=1S/C36H30N2O/c1-36-19-8-7-12-31(36)30-22-25(26-15-17-34-29(21-26)28-11-5-6-13-33(28)39-34)14-16-32(30)38(36)35-23-27(18-20-37-35)24-9-3-2-4-10-24/h2-6,9-11,13-18,20-23,31H,7-8,12,19H2,1H3/t31?,36-/m1/s1. The van der Waals surface area contributed by atoms with Crippen molar-refractivity contribution in [1.29, 1.82) is 0 Å². The van der Waals surface area contributed by atoms with Gasteiger partial charge in [0.15, 0.2) is 0 Å². The second-order valence-corrected chi connectivity index (χ2v) is 11.3. The van der Waals surface area contributed by atoms with Crippen molar-refractivity contribution in [2.45, 2.75) is 44.1 Å². The molecule has 2 atom stereocenters. The van der Waals surface area contributed by atoms with Gasteiger partial charge in [0.25, 0.3) is 0 Å². The van der Waals surface area contributed by atoms with Gasteiger partial charge in [0.1, 0.15) is 17.0 Å². The van der Waals surface area contributed by atoms with E-state index >= 15 is 0 Å². The van der Waals surface area contributed by atoms with Gasteiger partial charge in [-0.25, -0.2) is 4.98 Å². The van der Waals surface area contributed by atoms with E-state index in [4.69, 9.17) is 9.40 Å². The average Bonchev–Trinajstić information content (AvgIpc) is 3.49. The fourth-order valence-corrected chi connectivity index (χ4v) is 7.21. The SMILES string of the molecule is C[C@@]12CCCCC1c1cc(-c3ccc4oc5ccccc5c4c3)ccc1N2c1cc(-c2ccccc2)ccn1. The van der Waals surface area contributed by atoms with Gasteiger partial charge in [0.05, 0.1) is 5.54 Å². The highest BCUT2D eigenvalue weighted by Crippen LogP contribution is 2.57. The van der Waals surface area contributed by atoms with Gasteiger partial charge in [0, 0.05) is 28.6 Å². The molecule has 0 N–H and O–H groups in total. The minimum absolute atomic E-state index is 0.0201. The van der Waals surface area contributed by atoms with Gasteiger partial charge in [-0.2, -0.15) is 0 Å². The predicted octanol–water partition coefficient (Wildman–Crippen LogP) is 9.88. The second-order valence-electron chi connectivity index (χ2n) is 11.3. The Bertz CT molecular complexity index is 1850. The van der Waals surface area contributed by atoms with Crippen LogP contribution in [0.2, 0.25) is 0 Å². The lowest BCUT2D eigenvalue weighted by Crippen LogP contribution is -2.45. The number of para-hydroxylation sites is 1. The number of fused-ring (bicyclic) bond motifs is 6. The number of furan rings is 1. The minimum atomic E-state index is 0.0201. The van der Waals surface area contributed by atoms with Crippen LogP contribution in [0.5, 0.6) is 0 Å². The molecule has 190 valence electrons. The molecule has 1 saturated carbocycles. The monoisotopic (exact) mass is 506 g/mol. The van der Waals surface area contributed by atoms with Crippen LogP contribution >= 0.6 is 0 Å². The van der Waals surface area contributed by atoms with Gasteiger partial charge in [-0.05, 0) is 90.0 Å². The first-order valence-corrected chi connectivity index (χ1v) is 14.1. The van der Waals surface area contributed by atoms with E-state index in [1.54, 1.807) is 0 Å². The zero-order valence-corrected chi connectivity index (χ0v) is 22.1. The summed E-state index contributed by atoms with van der Waals surface area (Å²) in [6.07, 6.45) is 6.89. The highest BCUT2D eigenvalue weighted by Gasteiger charge is 2.50. The largest absolute Gasteiger partial charge is 0.456 e. The molecule has 0 saturated heterocycles. The lowest BCUT2D eigenvalue weighted by atomic mass is 9.72. The maximum atomic E-state index is 6.09. The molecule has 2 aromatic heterocycles. The third-order valence-electron chi connectivity index (χ3n) is 9.12. The van der Waals surface area contributed by atoms with Crippen molar-refractivity contribution in [2.75, 3.05) is 4.90 Å². The quantitative estimate of drug-likeness (QED) is 0.239. The molecule has 0 spiro atoms. The van der Waals surface area contributed by atoms with Crippen molar-refractivity contribution in [3.63, 3.8) is 0 Å². The Morgan fingerprint density at radius 2 is 1.49 bits per heavy atom. The molecule has 8 rings (SSSR count). The van der Waals surface area contributed by atoms with Gasteiger partial charge in [-0.15, -0.1) is 0 Å². The molecule has 0 amide bonds. The van der Waals surface area contributed by atoms with E-state index in [9.17, 15) is 0 Å². The molecule has 0 radical (unpaired) electrons. The summed E-state index contributed by atoms with van der Waals surface area (Å²) in [7, 11) is 0. The number of nitrogens with zero attached hydrogens (tertiary/aromatic N) is 2. The number of rotatable bonds is 3. The van der Waals surface area contributed by atoms with Crippen molar-refractivity contribution >= 4 is 33.4 Å². The molecule has 1 aliphatic carbocycles. The summed E-state index contributed by atoms with van der Waals surface area (Å²) in [6.45, 7) is 2.46. The lowest BCUT2D eigenvalue weighted by molar-refractivity contribution is 0.290. The van der Waals surface area contributed by atoms with Gasteiger partial charge in [-0.3, -0.25) is 0 Å². The van der Waals surface area contributed by atoms with Gasteiger partial charge in [-0.1, -0.05) is 73.5 Å². The summed E-state index contributed by atoms with van der Waals surface area (Å²) < 4.78 is 6.09. The Labute approximate surface area is 228 Å². The first-order valence-electron chi connectivity index (χ1n) is 14.1. The maximum absolute atomic E-state index is 6.09. The van der Waals surface area contributed by atoms with Crippen LogP contribution in [-0.2, 0) is 0 Å². The van der Waals surface area contributed by atoms with Crippen LogP contribution in [0.25, 0.3) is 44.2 Å². The third kappa shape index (κ3) is 3.46. The van der Waals surface area contributed by atoms with E-state index in [-0.39, 0.29) is 5.54 Å². The Morgan fingerprint density at radius 3 is 2.41 bits per heavy atom. The highest BCUT2D eigenvalue weighted by molar-refractivity contribution is 6.06. The van der Waals surface area contributed by atoms with E-state index in [1.807, 2.05) is 18.3 Å². The molecular formula is C36H30N2O. The lowest BCUT2D eigenvalue weighted by Gasteiger charge is -2.43. The number of pyridine rings is 1. The van der Waals surface area contributed by atoms with Gasteiger partial charge >= 0.3 is 0 Å². The van der Waals surface area contributed by atoms with Crippen LogP contribution < -0.4 is 4.90 Å². The van der Waals surface area contributed by atoms with Crippen molar-refractivity contribution < 1.29 is 4.42 Å². The van der Waals surface area contributed by atoms with Crippen LogP contribution in [0, 0.1) is 0 Å². The molecule has 1 unspecified atom stereocenters. The minimum Gasteiger partial charge on any atom is -0.456 e. The highest BCUT2D eigenvalue weighted by atomic mass is 16.3. The summed E-state index contributed by atoms with van der Waals surface area (Å²) in [6, 6.07) is 37.0. The Kier molecular flexibility index (Phi) is 4.97. The summed E-state index contributed by atoms with van der Waals surface area (Å²) in [5.41, 5.74) is 9.60. The van der Waals surface area contributed by atoms with E-state index < -0.39 is 0 Å². The molecule has 3 heteroatoms. The number of hydrogen-bond donors (Lipinski definition) is 0. The van der Waals surface area contributed by atoms with Crippen LogP contribution in [-0.4, -0.2) is 10.5 Å². The summed E-state index contributed by atoms with van der Waals surface area (Å²) in [5.74, 6) is 1.53. The second kappa shape index (κ2) is 8.57. The fraction of sp³-hybridized carbons (Fsp3) is 0.194. The van der Waals surface area contributed by atoms with Crippen molar-refractivity contribution in [3.05, 3.63) is 115 Å². The molecule has 0 bridgehead atoms. The van der Waals surface area contributed by atoms with Crippen LogP contribution in [0.1, 0.15) is 44.1 Å². The number of hydrogen-bond acceptors (Lipinski definition) is 3. The first-order chi connectivity index (χ1) is 19.2. The molecule has 1 aliphatic heterocycles. The Morgan fingerprint density at radius 1 is 0.718 bits per heavy atom. The molecule has 4 aromatic carbocycles. The molecule has 1 fully saturated rings. The molecule has 3 nitrogen and oxygen atoms in total. The average molecular weight is 507 g/mol. The predicted molar refractivity (Wildman–Crippen MR) is 161 cm³/mol. The van der Waals surface area contributed by atoms with Crippen molar-refractivity contribution in [3.8, 4) is 22.3 Å². The van der Waals surface area contributed by atoms with E-state index in [2.05, 4.69) is 103 Å². The van der Waals surface area contributed by atoms with Gasteiger partial charge < -0.3 is 9.32 Å². The van der Waals surface area contributed by atoms with E-state index in [1.165, 1.54) is 70.0 Å².